The summed E-state index contributed by atoms with van der Waals surface area (Å²) in [5, 5.41) is 0.747. The van der Waals surface area contributed by atoms with Crippen molar-refractivity contribution in [3.63, 3.8) is 0 Å². The number of pyridine rings is 3. The van der Waals surface area contributed by atoms with Gasteiger partial charge in [-0.1, -0.05) is 25.1 Å². The van der Waals surface area contributed by atoms with Crippen LogP contribution in [-0.4, -0.2) is 24.5 Å². The maximum Gasteiger partial charge on any atom is 0.433 e. The molecular formula is C30H26F6N6. The summed E-state index contributed by atoms with van der Waals surface area (Å²) in [4.78, 5) is 16.2. The maximum atomic E-state index is 13.3. The summed E-state index contributed by atoms with van der Waals surface area (Å²) in [6.07, 6.45) is -2.80. The Morgan fingerprint density at radius 2 is 1.48 bits per heavy atom. The summed E-state index contributed by atoms with van der Waals surface area (Å²) in [6, 6.07) is 9.98. The van der Waals surface area contributed by atoms with Gasteiger partial charge in [-0.3, -0.25) is 15.0 Å². The molecule has 0 aliphatic rings. The van der Waals surface area contributed by atoms with E-state index in [1.165, 1.54) is 18.3 Å². The fraction of sp³-hybridized carbons (Fsp3) is 0.267. The molecule has 4 aromatic heterocycles. The van der Waals surface area contributed by atoms with Crippen LogP contribution in [0.25, 0.3) is 10.9 Å². The van der Waals surface area contributed by atoms with Gasteiger partial charge in [0.05, 0.1) is 23.7 Å². The van der Waals surface area contributed by atoms with Crippen molar-refractivity contribution in [2.45, 2.75) is 44.6 Å². The van der Waals surface area contributed by atoms with E-state index in [-0.39, 0.29) is 0 Å². The lowest BCUT2D eigenvalue weighted by atomic mass is 9.80. The van der Waals surface area contributed by atoms with E-state index in [0.29, 0.717) is 40.7 Å². The predicted molar refractivity (Wildman–Crippen MR) is 144 cm³/mol. The van der Waals surface area contributed by atoms with Crippen LogP contribution in [0.3, 0.4) is 0 Å². The molecule has 5 aromatic rings. The van der Waals surface area contributed by atoms with Gasteiger partial charge in [0.2, 0.25) is 0 Å². The number of nitrogens with zero attached hydrogens (tertiary/aromatic N) is 5. The molecule has 0 spiro atoms. The van der Waals surface area contributed by atoms with Gasteiger partial charge in [-0.25, -0.2) is 4.98 Å². The standard InChI is InChI=1S/C30H26F6N6/c1-4-23-21(11-18-5-9-25(39-13-18)29(31,32)33)17(2)22-12-19(6-8-24(22)41-23)28(37,27-15-38-16-42(27)3)20-7-10-26(40-14-20)30(34,35)36/h5-10,12-16H,4,11,37H2,1-3H3. The Balaban J connectivity index is 1.65. The molecule has 1 aromatic carbocycles. The largest absolute Gasteiger partial charge is 0.433 e. The highest BCUT2D eigenvalue weighted by Crippen LogP contribution is 2.38. The fourth-order valence-corrected chi connectivity index (χ4v) is 5.19. The van der Waals surface area contributed by atoms with Gasteiger partial charge in [0.25, 0.3) is 0 Å². The van der Waals surface area contributed by atoms with Crippen molar-refractivity contribution in [3.8, 4) is 0 Å². The predicted octanol–water partition coefficient (Wildman–Crippen LogP) is 6.51. The van der Waals surface area contributed by atoms with Gasteiger partial charge in [-0.2, -0.15) is 26.3 Å². The molecule has 1 unspecified atom stereocenters. The van der Waals surface area contributed by atoms with Crippen molar-refractivity contribution in [3.05, 3.63) is 118 Å². The summed E-state index contributed by atoms with van der Waals surface area (Å²) in [7, 11) is 1.74. The van der Waals surface area contributed by atoms with Gasteiger partial charge in [-0.05, 0) is 59.9 Å². The van der Waals surface area contributed by atoms with Gasteiger partial charge in [0.15, 0.2) is 0 Å². The van der Waals surface area contributed by atoms with E-state index < -0.39 is 29.3 Å². The smallest absolute Gasteiger partial charge is 0.336 e. The number of rotatable bonds is 6. The molecular weight excluding hydrogens is 558 g/mol. The highest BCUT2D eigenvalue weighted by atomic mass is 19.4. The SMILES string of the molecule is CCc1nc2ccc(C(N)(c3ccc(C(F)(F)F)nc3)c3cncn3C)cc2c(C)c1Cc1ccc(C(F)(F)F)nc1. The second-order valence-corrected chi connectivity index (χ2v) is 10.1. The molecule has 218 valence electrons. The quantitative estimate of drug-likeness (QED) is 0.230. The van der Waals surface area contributed by atoms with Crippen LogP contribution in [0.15, 0.2) is 67.4 Å². The third kappa shape index (κ3) is 5.22. The van der Waals surface area contributed by atoms with Crippen LogP contribution in [-0.2, 0) is 37.8 Å². The summed E-state index contributed by atoms with van der Waals surface area (Å²) in [5.41, 5.74) is 8.84. The van der Waals surface area contributed by atoms with Crippen LogP contribution < -0.4 is 5.73 Å². The van der Waals surface area contributed by atoms with Gasteiger partial charge in [0.1, 0.15) is 16.9 Å². The molecule has 42 heavy (non-hydrogen) atoms. The molecule has 2 N–H and O–H groups in total. The first-order valence-electron chi connectivity index (χ1n) is 13.0. The Kier molecular flexibility index (Phi) is 7.30. The van der Waals surface area contributed by atoms with Crippen LogP contribution in [0.2, 0.25) is 0 Å². The first kappa shape index (κ1) is 29.2. The molecule has 0 saturated heterocycles. The molecule has 0 saturated carbocycles. The molecule has 0 fully saturated rings. The van der Waals surface area contributed by atoms with Gasteiger partial charge in [0, 0.05) is 42.5 Å². The van der Waals surface area contributed by atoms with E-state index in [1.807, 2.05) is 19.9 Å². The lowest BCUT2D eigenvalue weighted by Crippen LogP contribution is -2.41. The van der Waals surface area contributed by atoms with Crippen molar-refractivity contribution >= 4 is 10.9 Å². The number of aromatic nitrogens is 5. The van der Waals surface area contributed by atoms with E-state index in [4.69, 9.17) is 10.7 Å². The van der Waals surface area contributed by atoms with Crippen molar-refractivity contribution in [2.75, 3.05) is 0 Å². The van der Waals surface area contributed by atoms with Crippen molar-refractivity contribution in [2.24, 2.45) is 12.8 Å². The average Bonchev–Trinajstić information content (AvgIpc) is 3.39. The molecule has 0 aliphatic carbocycles. The van der Waals surface area contributed by atoms with Crippen LogP contribution in [0, 0.1) is 6.92 Å². The Bertz CT molecular complexity index is 1740. The second-order valence-electron chi connectivity index (χ2n) is 10.1. The van der Waals surface area contributed by atoms with Crippen LogP contribution in [0.1, 0.15) is 57.5 Å². The summed E-state index contributed by atoms with van der Waals surface area (Å²) in [5.74, 6) is 0. The highest BCUT2D eigenvalue weighted by molar-refractivity contribution is 5.85. The Labute approximate surface area is 237 Å². The van der Waals surface area contributed by atoms with E-state index in [2.05, 4.69) is 15.0 Å². The molecule has 6 nitrogen and oxygen atoms in total. The minimum Gasteiger partial charge on any atom is -0.336 e. The minimum atomic E-state index is -4.61. The Morgan fingerprint density at radius 3 is 2.00 bits per heavy atom. The molecule has 0 radical (unpaired) electrons. The van der Waals surface area contributed by atoms with Crippen LogP contribution in [0.5, 0.6) is 0 Å². The van der Waals surface area contributed by atoms with Crippen LogP contribution >= 0.6 is 0 Å². The molecule has 0 amide bonds. The van der Waals surface area contributed by atoms with E-state index in [0.717, 1.165) is 40.5 Å². The minimum absolute atomic E-state index is 0.311. The highest BCUT2D eigenvalue weighted by Gasteiger charge is 2.38. The zero-order chi connectivity index (χ0) is 30.4. The third-order valence-electron chi connectivity index (χ3n) is 7.47. The van der Waals surface area contributed by atoms with E-state index >= 15 is 0 Å². The summed E-state index contributed by atoms with van der Waals surface area (Å²) < 4.78 is 80.5. The van der Waals surface area contributed by atoms with Crippen molar-refractivity contribution in [1.82, 2.24) is 24.5 Å². The average molecular weight is 585 g/mol. The van der Waals surface area contributed by atoms with E-state index in [1.54, 1.807) is 36.3 Å². The number of halogens is 6. The first-order chi connectivity index (χ1) is 19.7. The zero-order valence-corrected chi connectivity index (χ0v) is 22.8. The molecule has 12 heteroatoms. The summed E-state index contributed by atoms with van der Waals surface area (Å²) in [6.45, 7) is 3.85. The van der Waals surface area contributed by atoms with Crippen molar-refractivity contribution in [1.29, 1.82) is 0 Å². The number of imidazole rings is 1. The third-order valence-corrected chi connectivity index (χ3v) is 7.47. The van der Waals surface area contributed by atoms with E-state index in [9.17, 15) is 26.3 Å². The summed E-state index contributed by atoms with van der Waals surface area (Å²) >= 11 is 0. The molecule has 4 heterocycles. The van der Waals surface area contributed by atoms with Gasteiger partial charge < -0.3 is 10.3 Å². The van der Waals surface area contributed by atoms with Gasteiger partial charge in [-0.15, -0.1) is 0 Å². The number of hydrogen-bond acceptors (Lipinski definition) is 5. The Morgan fingerprint density at radius 1 is 0.833 bits per heavy atom. The first-order valence-corrected chi connectivity index (χ1v) is 13.0. The second kappa shape index (κ2) is 10.5. The monoisotopic (exact) mass is 584 g/mol. The zero-order valence-electron chi connectivity index (χ0n) is 22.8. The molecule has 0 bridgehead atoms. The number of alkyl halides is 6. The fourth-order valence-electron chi connectivity index (χ4n) is 5.19. The topological polar surface area (TPSA) is 82.5 Å². The molecule has 0 aliphatic heterocycles. The number of aryl methyl sites for hydroxylation is 3. The Hall–Kier alpha value is -4.32. The molecule has 1 atom stereocenters. The van der Waals surface area contributed by atoms with Gasteiger partial charge >= 0.3 is 12.4 Å². The lowest BCUT2D eigenvalue weighted by molar-refractivity contribution is -0.142. The van der Waals surface area contributed by atoms with Crippen molar-refractivity contribution < 1.29 is 26.3 Å². The number of nitrogens with two attached hydrogens (primary N) is 1. The maximum absolute atomic E-state index is 13.3. The molecule has 5 rings (SSSR count). The number of hydrogen-bond donors (Lipinski definition) is 1. The normalized spacial score (nSPS) is 13.9. The number of fused-ring (bicyclic) bond motifs is 1. The van der Waals surface area contributed by atoms with Crippen LogP contribution in [0.4, 0.5) is 26.3 Å². The lowest BCUT2D eigenvalue weighted by Gasteiger charge is -2.31. The number of benzene rings is 1.